The Morgan fingerprint density at radius 1 is 0.526 bits per heavy atom. The van der Waals surface area contributed by atoms with E-state index in [0.29, 0.717) is 0 Å². The third-order valence-corrected chi connectivity index (χ3v) is 14.2. The SMILES string of the molecule is CC(=O)N[C@H]1[C@H](O[C@@H]2[C@H](O[C@]3(C(=O)O)C[C@H](O)[C@@H](NC(C)=O)[C@H]([C@H](O)[C@H](O)CO)O3)[C@@H](O)[C@H](O[C@H]3[C@H](O)[C@@H](O)[C@H](O)O[C@@H]3CO)O[C@@H]2CO)O[C@H](CO)[C@H](O)[C@@H]1O[C@@H]1O[C@H](CO)[C@H](O)[C@H](O[C@@H]2O[C@@H](C)[C@@H](O)[C@@H](O)[C@@H]2O)[C@H]1O. The molecule has 6 fully saturated rings. The summed E-state index contributed by atoms with van der Waals surface area (Å²) in [5.41, 5.74) is 0. The van der Waals surface area contributed by atoms with Gasteiger partial charge in [0.25, 0.3) is 5.79 Å². The van der Waals surface area contributed by atoms with E-state index in [1.807, 2.05) is 0 Å². The minimum atomic E-state index is -3.37. The van der Waals surface area contributed by atoms with Crippen LogP contribution in [0.2, 0.25) is 0 Å². The van der Waals surface area contributed by atoms with Crippen LogP contribution in [-0.4, -0.2) is 338 Å². The lowest BCUT2D eigenvalue weighted by molar-refractivity contribution is -0.403. The summed E-state index contributed by atoms with van der Waals surface area (Å²) < 4.78 is 63.5. The molecule has 6 rings (SSSR count). The Kier molecular flexibility index (Phi) is 22.4. The van der Waals surface area contributed by atoms with E-state index in [9.17, 15) is 111 Å². The van der Waals surface area contributed by atoms with Crippen LogP contribution in [0.1, 0.15) is 27.2 Å². The molecule has 0 spiro atoms. The number of aliphatic carboxylic acids is 1. The van der Waals surface area contributed by atoms with Crippen LogP contribution >= 0.6 is 0 Å². The Morgan fingerprint density at radius 3 is 1.55 bits per heavy atom. The number of nitrogens with one attached hydrogen (secondary N) is 2. The van der Waals surface area contributed by atoms with Gasteiger partial charge in [0.15, 0.2) is 31.5 Å². The van der Waals surface area contributed by atoms with E-state index in [1.54, 1.807) is 0 Å². The Labute approximate surface area is 441 Å². The average molecular weight is 1150 g/mol. The number of hydrogen-bond donors (Lipinski definition) is 21. The molecule has 0 aromatic heterocycles. The van der Waals surface area contributed by atoms with E-state index in [4.69, 9.17) is 52.1 Å². The van der Waals surface area contributed by atoms with Gasteiger partial charge in [-0.1, -0.05) is 0 Å². The second-order valence-corrected chi connectivity index (χ2v) is 19.6. The Hall–Kier alpha value is -2.75. The normalized spacial score (nSPS) is 48.1. The summed E-state index contributed by atoms with van der Waals surface area (Å²) >= 11 is 0. The van der Waals surface area contributed by atoms with E-state index in [-0.39, 0.29) is 0 Å². The van der Waals surface area contributed by atoms with Crippen LogP contribution in [-0.2, 0) is 66.5 Å². The average Bonchev–Trinajstić information content (AvgIpc) is 3.40. The molecule has 35 nitrogen and oxygen atoms in total. The first kappa shape index (κ1) is 64.4. The van der Waals surface area contributed by atoms with Gasteiger partial charge in [-0.05, 0) is 6.92 Å². The Bertz CT molecular complexity index is 1950. The first-order chi connectivity index (χ1) is 36.7. The quantitative estimate of drug-likeness (QED) is 0.0538. The van der Waals surface area contributed by atoms with Crippen LogP contribution in [0.25, 0.3) is 0 Å². The molecule has 0 aromatic carbocycles. The molecule has 0 saturated carbocycles. The fourth-order valence-electron chi connectivity index (χ4n) is 9.96. The molecule has 21 N–H and O–H groups in total. The minimum Gasteiger partial charge on any atom is -0.477 e. The lowest BCUT2D eigenvalue weighted by atomic mass is 9.88. The number of carbonyl (C=O) groups is 3. The van der Waals surface area contributed by atoms with E-state index in [2.05, 4.69) is 10.6 Å². The molecule has 31 atom stereocenters. The van der Waals surface area contributed by atoms with E-state index in [0.717, 1.165) is 13.8 Å². The van der Waals surface area contributed by atoms with Gasteiger partial charge in [-0.25, -0.2) is 4.79 Å². The van der Waals surface area contributed by atoms with Gasteiger partial charge in [0.05, 0.1) is 51.3 Å². The largest absolute Gasteiger partial charge is 0.477 e. The van der Waals surface area contributed by atoms with Crippen molar-refractivity contribution in [3.05, 3.63) is 0 Å². The summed E-state index contributed by atoms with van der Waals surface area (Å²) in [5.74, 6) is -7.39. The lowest BCUT2D eigenvalue weighted by Crippen LogP contribution is -2.72. The van der Waals surface area contributed by atoms with Gasteiger partial charge < -0.3 is 160 Å². The molecular weight excluding hydrogens is 1070 g/mol. The number of aliphatic hydroxyl groups is 18. The smallest absolute Gasteiger partial charge is 0.364 e. The van der Waals surface area contributed by atoms with E-state index < -0.39 is 247 Å². The van der Waals surface area contributed by atoms with Crippen LogP contribution in [0.4, 0.5) is 0 Å². The summed E-state index contributed by atoms with van der Waals surface area (Å²) in [6.45, 7) is -2.48. The molecule has 6 aliphatic rings. The van der Waals surface area contributed by atoms with Gasteiger partial charge in [-0.15, -0.1) is 0 Å². The van der Waals surface area contributed by atoms with Crippen molar-refractivity contribution in [2.45, 2.75) is 217 Å². The molecule has 6 saturated heterocycles. The van der Waals surface area contributed by atoms with Crippen molar-refractivity contribution >= 4 is 17.8 Å². The number of hydrogen-bond acceptors (Lipinski definition) is 32. The van der Waals surface area contributed by atoms with E-state index >= 15 is 0 Å². The number of aliphatic hydroxyl groups excluding tert-OH is 18. The summed E-state index contributed by atoms with van der Waals surface area (Å²) in [7, 11) is 0. The standard InChI is InChI=1S/C43H72N2O33/c1-10-21(55)25(59)28(62)39(68-10)76-35-24(58)16(7-48)71-40(29(35)63)75-33-20(45-12(3)52)38(70-15(6-47)23(33)57)74-32-18(9-50)72-41(73-31-17(8-49)69-37(65)27(61)26(31)60)30(64)36(32)78-43(42(66)67)4-13(53)19(44-11(2)51)34(77-43)22(56)14(54)5-46/h10,13-41,46-50,53-65H,4-9H2,1-3H3,(H,44,51)(H,45,52)(H,66,67)/t10-,13-,14+,15+,16+,17+,18+,19+,20+,21+,22+,23-,24-,25+,26+,27+,28-,29+,30+,31+,32-,33+,34+,35-,36+,37+,38-,39-,40-,41-,43-/m0/s1. The monoisotopic (exact) mass is 1140 g/mol. The summed E-state index contributed by atoms with van der Waals surface area (Å²) in [6, 6.07) is -3.73. The molecule has 6 aliphatic heterocycles. The zero-order valence-corrected chi connectivity index (χ0v) is 41.8. The predicted octanol–water partition coefficient (Wildman–Crippen LogP) is -13.6. The van der Waals surface area contributed by atoms with Crippen molar-refractivity contribution in [1.29, 1.82) is 0 Å². The van der Waals surface area contributed by atoms with Crippen LogP contribution < -0.4 is 10.6 Å². The maximum absolute atomic E-state index is 13.5. The third-order valence-electron chi connectivity index (χ3n) is 14.2. The first-order valence-electron chi connectivity index (χ1n) is 24.6. The van der Waals surface area contributed by atoms with Crippen molar-refractivity contribution in [3.8, 4) is 0 Å². The molecule has 78 heavy (non-hydrogen) atoms. The van der Waals surface area contributed by atoms with Gasteiger partial charge in [0, 0.05) is 20.3 Å². The summed E-state index contributed by atoms with van der Waals surface area (Å²) in [4.78, 5) is 38.8. The minimum absolute atomic E-state index is 0.877. The summed E-state index contributed by atoms with van der Waals surface area (Å²) in [5, 5.41) is 210. The fraction of sp³-hybridized carbons (Fsp3) is 0.930. The summed E-state index contributed by atoms with van der Waals surface area (Å²) in [6.07, 6.45) is -58.5. The zero-order valence-electron chi connectivity index (χ0n) is 41.8. The molecule has 0 aliphatic carbocycles. The number of carboxylic acids is 1. The molecule has 0 bridgehead atoms. The van der Waals surface area contributed by atoms with Gasteiger partial charge in [0.1, 0.15) is 134 Å². The van der Waals surface area contributed by atoms with Gasteiger partial charge in [-0.2, -0.15) is 0 Å². The first-order valence-corrected chi connectivity index (χ1v) is 24.6. The molecular formula is C43H72N2O33. The Balaban J connectivity index is 1.40. The molecule has 2 amide bonds. The van der Waals surface area contributed by atoms with Crippen molar-refractivity contribution in [1.82, 2.24) is 10.6 Å². The number of carboxylic acid groups (broad SMARTS) is 1. The highest BCUT2D eigenvalue weighted by molar-refractivity contribution is 5.76. The number of rotatable bonds is 20. The lowest BCUT2D eigenvalue weighted by Gasteiger charge is -2.53. The topological polar surface area (TPSA) is 561 Å². The number of ether oxygens (including phenoxy) is 11. The predicted molar refractivity (Wildman–Crippen MR) is 238 cm³/mol. The molecule has 6 heterocycles. The fourth-order valence-corrected chi connectivity index (χ4v) is 9.96. The maximum atomic E-state index is 13.5. The second kappa shape index (κ2) is 27.1. The molecule has 35 heteroatoms. The van der Waals surface area contributed by atoms with Gasteiger partial charge >= 0.3 is 5.97 Å². The van der Waals surface area contributed by atoms with Gasteiger partial charge in [-0.3, -0.25) is 9.59 Å². The molecule has 0 radical (unpaired) electrons. The van der Waals surface area contributed by atoms with Crippen LogP contribution in [0, 0.1) is 0 Å². The van der Waals surface area contributed by atoms with Crippen molar-refractivity contribution in [3.63, 3.8) is 0 Å². The molecule has 0 aromatic rings. The third kappa shape index (κ3) is 13.5. The van der Waals surface area contributed by atoms with Crippen LogP contribution in [0.5, 0.6) is 0 Å². The highest BCUT2D eigenvalue weighted by Gasteiger charge is 2.62. The molecule has 0 unspecified atom stereocenters. The highest BCUT2D eigenvalue weighted by Crippen LogP contribution is 2.41. The molecule has 452 valence electrons. The van der Waals surface area contributed by atoms with Crippen molar-refractivity contribution < 1.29 is 164 Å². The second-order valence-electron chi connectivity index (χ2n) is 19.6. The van der Waals surface area contributed by atoms with Crippen molar-refractivity contribution in [2.75, 3.05) is 33.0 Å². The van der Waals surface area contributed by atoms with E-state index in [1.165, 1.54) is 6.92 Å². The zero-order chi connectivity index (χ0) is 58.0. The highest BCUT2D eigenvalue weighted by atomic mass is 16.8. The number of carbonyl (C=O) groups excluding carboxylic acids is 2. The number of amides is 2. The van der Waals surface area contributed by atoms with Crippen molar-refractivity contribution in [2.24, 2.45) is 0 Å². The van der Waals surface area contributed by atoms with Crippen LogP contribution in [0.3, 0.4) is 0 Å². The Morgan fingerprint density at radius 2 is 1.00 bits per heavy atom. The van der Waals surface area contributed by atoms with Gasteiger partial charge in [0.2, 0.25) is 11.8 Å². The van der Waals surface area contributed by atoms with Crippen LogP contribution in [0.15, 0.2) is 0 Å². The maximum Gasteiger partial charge on any atom is 0.364 e.